The van der Waals surface area contributed by atoms with Gasteiger partial charge in [-0.15, -0.1) is 0 Å². The first kappa shape index (κ1) is 46.3. The summed E-state index contributed by atoms with van der Waals surface area (Å²) in [4.78, 5) is 9.90. The fourth-order valence-electron chi connectivity index (χ4n) is 7.04. The maximum Gasteiger partial charge on any atom is 0.488 e. The van der Waals surface area contributed by atoms with Gasteiger partial charge in [0, 0.05) is 31.2 Å². The summed E-state index contributed by atoms with van der Waals surface area (Å²) in [5.41, 5.74) is 10.3. The molecule has 0 radical (unpaired) electrons. The summed E-state index contributed by atoms with van der Waals surface area (Å²) in [5, 5.41) is 17.3. The number of fused-ring (bicyclic) bond motifs is 4. The molecule has 13 heteroatoms. The van der Waals surface area contributed by atoms with E-state index < -0.39 is 22.8 Å². The van der Waals surface area contributed by atoms with Crippen LogP contribution in [-0.2, 0) is 22.7 Å². The molecule has 2 heterocycles. The van der Waals surface area contributed by atoms with E-state index in [1.807, 2.05) is 49.9 Å². The van der Waals surface area contributed by atoms with E-state index in [1.165, 1.54) is 65.6 Å². The SMILES string of the molecule is CC(=NCS(=O)(=O)c1ccc(C)cc1)c1ccc2c(c1)Cc1ccccc1S2.CC(c1ccc(Cl)c(F)c1)c1ccc2c(c1)Cc1ccccc1S2.OB(O)c1ccc(Cl)c(F)c1. The van der Waals surface area contributed by atoms with Crippen LogP contribution in [0.1, 0.15) is 64.3 Å². The van der Waals surface area contributed by atoms with E-state index in [1.54, 1.807) is 30.0 Å². The van der Waals surface area contributed by atoms with Crippen molar-refractivity contribution in [2.75, 3.05) is 5.88 Å². The zero-order valence-corrected chi connectivity index (χ0v) is 38.5. The summed E-state index contributed by atoms with van der Waals surface area (Å²) in [6.45, 7) is 5.91. The van der Waals surface area contributed by atoms with Gasteiger partial charge in [-0.2, -0.15) is 0 Å². The lowest BCUT2D eigenvalue weighted by molar-refractivity contribution is 0.425. The Balaban J connectivity index is 0.000000154. The molecule has 0 amide bonds. The molecule has 2 aliphatic heterocycles. The first-order valence-corrected chi connectivity index (χ1v) is 24.0. The molecule has 0 fully saturated rings. The second-order valence-corrected chi connectivity index (χ2v) is 20.1. The van der Waals surface area contributed by atoms with Crippen LogP contribution in [0.3, 0.4) is 0 Å². The number of aryl methyl sites for hydroxylation is 1. The molecule has 320 valence electrons. The molecule has 0 bridgehead atoms. The minimum absolute atomic E-state index is 0.0330. The van der Waals surface area contributed by atoms with Gasteiger partial charge < -0.3 is 10.0 Å². The molecular formula is C50H42BCl2F2NO4S3. The maximum atomic E-state index is 13.8. The van der Waals surface area contributed by atoms with Gasteiger partial charge in [0.25, 0.3) is 0 Å². The molecule has 1 unspecified atom stereocenters. The van der Waals surface area contributed by atoms with Crippen LogP contribution in [0.5, 0.6) is 0 Å². The van der Waals surface area contributed by atoms with Crippen LogP contribution >= 0.6 is 46.7 Å². The van der Waals surface area contributed by atoms with Gasteiger partial charge in [-0.1, -0.05) is 138 Å². The third kappa shape index (κ3) is 11.5. The number of halogens is 4. The lowest BCUT2D eigenvalue weighted by Gasteiger charge is -2.21. The number of aliphatic imine (C=N–C) groups is 1. The summed E-state index contributed by atoms with van der Waals surface area (Å²) in [7, 11) is -5.08. The van der Waals surface area contributed by atoms with Crippen LogP contribution in [0, 0.1) is 18.6 Å². The number of benzene rings is 7. The Kier molecular flexibility index (Phi) is 15.0. The molecule has 9 rings (SSSR count). The molecule has 0 saturated heterocycles. The van der Waals surface area contributed by atoms with Crippen molar-refractivity contribution in [2.24, 2.45) is 4.99 Å². The molecule has 1 atom stereocenters. The topological polar surface area (TPSA) is 87.0 Å². The van der Waals surface area contributed by atoms with Crippen molar-refractivity contribution in [1.29, 1.82) is 0 Å². The third-order valence-corrected chi connectivity index (χ3v) is 15.3. The minimum atomic E-state index is -3.43. The first-order chi connectivity index (χ1) is 30.1. The highest BCUT2D eigenvalue weighted by molar-refractivity contribution is 7.99. The van der Waals surface area contributed by atoms with Gasteiger partial charge in [-0.05, 0) is 138 Å². The average molecular weight is 937 g/mol. The summed E-state index contributed by atoms with van der Waals surface area (Å²) in [6.07, 6.45) is 1.84. The predicted molar refractivity (Wildman–Crippen MR) is 255 cm³/mol. The predicted octanol–water partition coefficient (Wildman–Crippen LogP) is 12.1. The van der Waals surface area contributed by atoms with Crippen molar-refractivity contribution in [3.63, 3.8) is 0 Å². The van der Waals surface area contributed by atoms with Gasteiger partial charge in [0.1, 0.15) is 17.5 Å². The number of nitrogens with zero attached hydrogens (tertiary/aromatic N) is 1. The Bertz CT molecular complexity index is 2930. The molecule has 7 aromatic rings. The zero-order chi connectivity index (χ0) is 44.8. The highest BCUT2D eigenvalue weighted by Crippen LogP contribution is 2.42. The second-order valence-electron chi connectivity index (χ2n) is 15.2. The van der Waals surface area contributed by atoms with Crippen molar-refractivity contribution in [1.82, 2.24) is 0 Å². The van der Waals surface area contributed by atoms with E-state index in [-0.39, 0.29) is 33.1 Å². The van der Waals surface area contributed by atoms with Gasteiger partial charge >= 0.3 is 7.12 Å². The van der Waals surface area contributed by atoms with Crippen LogP contribution in [0.4, 0.5) is 8.78 Å². The summed E-state index contributed by atoms with van der Waals surface area (Å²) < 4.78 is 51.4. The van der Waals surface area contributed by atoms with Crippen molar-refractivity contribution < 1.29 is 27.2 Å². The Morgan fingerprint density at radius 2 is 1.17 bits per heavy atom. The van der Waals surface area contributed by atoms with Crippen LogP contribution in [0.2, 0.25) is 10.0 Å². The Morgan fingerprint density at radius 1 is 0.667 bits per heavy atom. The third-order valence-electron chi connectivity index (χ3n) is 10.7. The second kappa shape index (κ2) is 20.4. The zero-order valence-electron chi connectivity index (χ0n) is 34.5. The monoisotopic (exact) mass is 935 g/mol. The number of hydrogen-bond donors (Lipinski definition) is 2. The largest absolute Gasteiger partial charge is 0.488 e. The van der Waals surface area contributed by atoms with Gasteiger partial charge in [-0.3, -0.25) is 4.99 Å². The van der Waals surface area contributed by atoms with Crippen molar-refractivity contribution >= 4 is 74.9 Å². The van der Waals surface area contributed by atoms with E-state index in [0.29, 0.717) is 4.90 Å². The minimum Gasteiger partial charge on any atom is -0.423 e. The van der Waals surface area contributed by atoms with Gasteiger partial charge in [0.05, 0.1) is 14.9 Å². The molecule has 5 nitrogen and oxygen atoms in total. The average Bonchev–Trinajstić information content (AvgIpc) is 3.28. The van der Waals surface area contributed by atoms with Crippen molar-refractivity contribution in [2.45, 2.75) is 64.0 Å². The molecule has 7 aromatic carbocycles. The van der Waals surface area contributed by atoms with Gasteiger partial charge in [-0.25, -0.2) is 17.2 Å². The number of hydrogen-bond acceptors (Lipinski definition) is 7. The molecule has 63 heavy (non-hydrogen) atoms. The summed E-state index contributed by atoms with van der Waals surface area (Å²) >= 11 is 14.8. The van der Waals surface area contributed by atoms with Crippen LogP contribution in [0.25, 0.3) is 0 Å². The smallest absolute Gasteiger partial charge is 0.423 e. The first-order valence-electron chi connectivity index (χ1n) is 20.0. The maximum absolute atomic E-state index is 13.8. The molecular weight excluding hydrogens is 894 g/mol. The molecule has 0 saturated carbocycles. The van der Waals surface area contributed by atoms with E-state index in [2.05, 4.69) is 90.8 Å². The van der Waals surface area contributed by atoms with Crippen LogP contribution in [-0.4, -0.2) is 37.2 Å². The Morgan fingerprint density at radius 3 is 1.76 bits per heavy atom. The number of rotatable bonds is 7. The summed E-state index contributed by atoms with van der Waals surface area (Å²) in [5.74, 6) is -1.12. The van der Waals surface area contributed by atoms with E-state index in [9.17, 15) is 17.2 Å². The fraction of sp³-hybridized carbons (Fsp3) is 0.140. The Hall–Kier alpha value is -4.72. The molecule has 2 N–H and O–H groups in total. The van der Waals surface area contributed by atoms with Crippen molar-refractivity contribution in [3.05, 3.63) is 212 Å². The lowest BCUT2D eigenvalue weighted by Crippen LogP contribution is -2.29. The quantitative estimate of drug-likeness (QED) is 0.122. The van der Waals surface area contributed by atoms with E-state index in [4.69, 9.17) is 33.2 Å². The highest BCUT2D eigenvalue weighted by Gasteiger charge is 2.20. The van der Waals surface area contributed by atoms with E-state index in [0.717, 1.165) is 41.3 Å². The number of sulfone groups is 1. The van der Waals surface area contributed by atoms with Crippen LogP contribution < -0.4 is 5.46 Å². The lowest BCUT2D eigenvalue weighted by atomic mass is 9.80. The molecule has 2 aliphatic rings. The Labute approximate surface area is 386 Å². The van der Waals surface area contributed by atoms with Crippen LogP contribution in [0.15, 0.2) is 175 Å². The molecule has 0 aromatic heterocycles. The highest BCUT2D eigenvalue weighted by atomic mass is 35.5. The van der Waals surface area contributed by atoms with Crippen molar-refractivity contribution in [3.8, 4) is 0 Å². The van der Waals surface area contributed by atoms with Gasteiger partial charge in [0.15, 0.2) is 9.84 Å². The van der Waals surface area contributed by atoms with E-state index >= 15 is 0 Å². The standard InChI is InChI=1S/C23H21NO2S2.C21H16ClFS.C6H5BClFO2/c1-16-7-10-21(11-8-16)28(25,26)15-24-17(2)18-9-12-23-20(13-18)14-19-5-3-4-6-22(19)27-23;1-13(15-6-8-18(22)19(23)12-15)14-7-9-21-17(10-14)11-16-4-2-3-5-20(16)24-21;8-5-2-1-4(7(10)11)3-6(5)9/h3-13H,14-15H2,1-2H3;2-10,12-13H,11H2,1H3;1-3,10-11H. The molecule has 0 aliphatic carbocycles. The summed E-state index contributed by atoms with van der Waals surface area (Å²) in [6, 6.07) is 45.4. The van der Waals surface area contributed by atoms with Gasteiger partial charge in [0.2, 0.25) is 0 Å². The fourth-order valence-corrected chi connectivity index (χ4v) is 10.4. The normalized spacial score (nSPS) is 13.1. The molecule has 0 spiro atoms.